The Labute approximate surface area is 146 Å². The lowest BCUT2D eigenvalue weighted by Crippen LogP contribution is -2.59. The van der Waals surface area contributed by atoms with Crippen molar-refractivity contribution in [2.75, 3.05) is 20.3 Å². The van der Waals surface area contributed by atoms with Crippen LogP contribution < -0.4 is 10.6 Å². The van der Waals surface area contributed by atoms with E-state index in [1.165, 1.54) is 0 Å². The normalized spacial score (nSPS) is 32.2. The van der Waals surface area contributed by atoms with Gasteiger partial charge in [0, 0.05) is 0 Å². The highest BCUT2D eigenvalue weighted by Crippen LogP contribution is 2.21. The number of hydrogen-bond donors (Lipinski definition) is 6. The van der Waals surface area contributed by atoms with Crippen LogP contribution in [0, 0.1) is 5.92 Å². The highest BCUT2D eigenvalue weighted by atomic mass is 16.7. The van der Waals surface area contributed by atoms with E-state index in [9.17, 15) is 24.9 Å². The quantitative estimate of drug-likeness (QED) is 0.231. The second-order valence-corrected chi connectivity index (χ2v) is 6.29. The standard InChI is InChI=1S/C15H28N2O8/c1-7(2)10(16-3)14(23)17-8(4-18)6-24-15-13(22)12(21)11(20)9(5-19)25-15/h4,7-13,15-16,19-22H,5-6H2,1-3H3,(H,17,23). The molecule has 1 heterocycles. The molecule has 0 bridgehead atoms. The summed E-state index contributed by atoms with van der Waals surface area (Å²) < 4.78 is 10.4. The van der Waals surface area contributed by atoms with Gasteiger partial charge in [0.2, 0.25) is 5.91 Å². The molecule has 10 heteroatoms. The third-order valence-electron chi connectivity index (χ3n) is 4.04. The minimum Gasteiger partial charge on any atom is -0.394 e. The fourth-order valence-corrected chi connectivity index (χ4v) is 2.56. The number of ether oxygens (including phenoxy) is 2. The lowest BCUT2D eigenvalue weighted by atomic mass is 9.99. The molecule has 1 rings (SSSR count). The maximum atomic E-state index is 12.1. The molecule has 0 spiro atoms. The molecule has 0 aliphatic carbocycles. The molecule has 6 N–H and O–H groups in total. The van der Waals surface area contributed by atoms with E-state index in [4.69, 9.17) is 14.6 Å². The van der Waals surface area contributed by atoms with Crippen LogP contribution in [0.1, 0.15) is 13.8 Å². The molecule has 146 valence electrons. The second-order valence-electron chi connectivity index (χ2n) is 6.29. The summed E-state index contributed by atoms with van der Waals surface area (Å²) in [6, 6.07) is -1.48. The average molecular weight is 364 g/mol. The molecule has 1 aliphatic heterocycles. The van der Waals surface area contributed by atoms with Crippen LogP contribution in [0.25, 0.3) is 0 Å². The van der Waals surface area contributed by atoms with Crippen molar-refractivity contribution in [1.82, 2.24) is 10.6 Å². The maximum absolute atomic E-state index is 12.1. The van der Waals surface area contributed by atoms with E-state index in [0.29, 0.717) is 6.29 Å². The van der Waals surface area contributed by atoms with Crippen molar-refractivity contribution >= 4 is 12.2 Å². The van der Waals surface area contributed by atoms with Gasteiger partial charge in [0.05, 0.1) is 19.3 Å². The van der Waals surface area contributed by atoms with Crippen molar-refractivity contribution in [3.05, 3.63) is 0 Å². The van der Waals surface area contributed by atoms with E-state index in [2.05, 4.69) is 10.6 Å². The molecule has 10 nitrogen and oxygen atoms in total. The number of nitrogens with one attached hydrogen (secondary N) is 2. The molecule has 7 unspecified atom stereocenters. The van der Waals surface area contributed by atoms with Crippen LogP contribution in [0.15, 0.2) is 0 Å². The van der Waals surface area contributed by atoms with Crippen molar-refractivity contribution in [3.63, 3.8) is 0 Å². The van der Waals surface area contributed by atoms with Crippen molar-refractivity contribution < 1.29 is 39.5 Å². The van der Waals surface area contributed by atoms with Crippen molar-refractivity contribution in [1.29, 1.82) is 0 Å². The zero-order valence-corrected chi connectivity index (χ0v) is 14.5. The number of aldehydes is 1. The lowest BCUT2D eigenvalue weighted by molar-refractivity contribution is -0.301. The van der Waals surface area contributed by atoms with Crippen LogP contribution in [0.4, 0.5) is 0 Å². The van der Waals surface area contributed by atoms with Gasteiger partial charge < -0.3 is 45.3 Å². The summed E-state index contributed by atoms with van der Waals surface area (Å²) in [6.07, 6.45) is -6.63. The van der Waals surface area contributed by atoms with Crippen LogP contribution in [-0.4, -0.2) is 95.7 Å². The van der Waals surface area contributed by atoms with Gasteiger partial charge in [-0.25, -0.2) is 0 Å². The van der Waals surface area contributed by atoms with Gasteiger partial charge in [-0.15, -0.1) is 0 Å². The number of likely N-dealkylation sites (N-methyl/N-ethyl adjacent to an activating group) is 1. The first-order valence-electron chi connectivity index (χ1n) is 8.11. The van der Waals surface area contributed by atoms with Crippen LogP contribution in [0.5, 0.6) is 0 Å². The molecule has 1 saturated heterocycles. The fourth-order valence-electron chi connectivity index (χ4n) is 2.56. The smallest absolute Gasteiger partial charge is 0.238 e. The summed E-state index contributed by atoms with van der Waals surface area (Å²) in [6.45, 7) is 2.80. The molecular formula is C15H28N2O8. The Kier molecular flexibility index (Phi) is 8.86. The third kappa shape index (κ3) is 5.68. The first kappa shape index (κ1) is 21.9. The van der Waals surface area contributed by atoms with Gasteiger partial charge in [-0.05, 0) is 13.0 Å². The summed E-state index contributed by atoms with van der Waals surface area (Å²) >= 11 is 0. The highest BCUT2D eigenvalue weighted by Gasteiger charge is 2.44. The maximum Gasteiger partial charge on any atom is 0.238 e. The van der Waals surface area contributed by atoms with Crippen LogP contribution in [-0.2, 0) is 19.1 Å². The van der Waals surface area contributed by atoms with E-state index in [0.717, 1.165) is 0 Å². The Bertz CT molecular complexity index is 434. The molecule has 0 aromatic rings. The van der Waals surface area contributed by atoms with E-state index in [1.54, 1.807) is 7.05 Å². The molecule has 0 aromatic carbocycles. The highest BCUT2D eigenvalue weighted by molar-refractivity contribution is 5.84. The Morgan fingerprint density at radius 1 is 1.24 bits per heavy atom. The number of hydrogen-bond acceptors (Lipinski definition) is 9. The summed E-state index contributed by atoms with van der Waals surface area (Å²) in [7, 11) is 1.63. The van der Waals surface area contributed by atoms with Gasteiger partial charge in [-0.3, -0.25) is 4.79 Å². The number of aliphatic hydroxyl groups excluding tert-OH is 4. The van der Waals surface area contributed by atoms with Gasteiger partial charge >= 0.3 is 0 Å². The predicted molar refractivity (Wildman–Crippen MR) is 85.4 cm³/mol. The van der Waals surface area contributed by atoms with Crippen molar-refractivity contribution in [2.45, 2.75) is 56.6 Å². The van der Waals surface area contributed by atoms with Crippen LogP contribution in [0.3, 0.4) is 0 Å². The minimum atomic E-state index is -1.57. The summed E-state index contributed by atoms with van der Waals surface area (Å²) in [4.78, 5) is 23.3. The number of amides is 1. The molecule has 1 aliphatic rings. The summed E-state index contributed by atoms with van der Waals surface area (Å²) in [5.41, 5.74) is 0. The minimum absolute atomic E-state index is 0.00340. The second kappa shape index (κ2) is 10.1. The first-order valence-corrected chi connectivity index (χ1v) is 8.11. The SMILES string of the molecule is CNC(C(=O)NC(C=O)COC1OC(CO)C(O)C(O)C1O)C(C)C. The third-order valence-corrected chi connectivity index (χ3v) is 4.04. The monoisotopic (exact) mass is 364 g/mol. The number of aliphatic hydroxyl groups is 4. The number of carbonyl (C=O) groups is 2. The van der Waals surface area contributed by atoms with E-state index in [-0.39, 0.29) is 18.4 Å². The molecule has 0 saturated carbocycles. The van der Waals surface area contributed by atoms with Gasteiger partial charge in [0.25, 0.3) is 0 Å². The molecule has 0 radical (unpaired) electrons. The zero-order valence-electron chi connectivity index (χ0n) is 14.5. The summed E-state index contributed by atoms with van der Waals surface area (Å²) in [5, 5.41) is 43.7. The molecular weight excluding hydrogens is 336 g/mol. The molecule has 25 heavy (non-hydrogen) atoms. The molecule has 0 aromatic heterocycles. The van der Waals surface area contributed by atoms with Crippen LogP contribution in [0.2, 0.25) is 0 Å². The molecule has 7 atom stereocenters. The van der Waals surface area contributed by atoms with Crippen LogP contribution >= 0.6 is 0 Å². The Morgan fingerprint density at radius 3 is 2.36 bits per heavy atom. The van der Waals surface area contributed by atoms with E-state index in [1.807, 2.05) is 13.8 Å². The first-order chi connectivity index (χ1) is 11.8. The topological polar surface area (TPSA) is 158 Å². The van der Waals surface area contributed by atoms with Crippen molar-refractivity contribution in [2.24, 2.45) is 5.92 Å². The molecule has 1 fully saturated rings. The lowest BCUT2D eigenvalue weighted by Gasteiger charge is -2.39. The fraction of sp³-hybridized carbons (Fsp3) is 0.867. The van der Waals surface area contributed by atoms with Gasteiger partial charge in [-0.1, -0.05) is 13.8 Å². The van der Waals surface area contributed by atoms with Gasteiger partial charge in [0.15, 0.2) is 6.29 Å². The van der Waals surface area contributed by atoms with E-state index >= 15 is 0 Å². The number of carbonyl (C=O) groups excluding carboxylic acids is 2. The Balaban J connectivity index is 2.61. The van der Waals surface area contributed by atoms with Gasteiger partial charge in [0.1, 0.15) is 36.7 Å². The van der Waals surface area contributed by atoms with Crippen molar-refractivity contribution in [3.8, 4) is 0 Å². The summed E-state index contributed by atoms with van der Waals surface area (Å²) in [5.74, 6) is -0.379. The molecule has 1 amide bonds. The Morgan fingerprint density at radius 2 is 1.88 bits per heavy atom. The van der Waals surface area contributed by atoms with E-state index < -0.39 is 49.4 Å². The van der Waals surface area contributed by atoms with Gasteiger partial charge in [-0.2, -0.15) is 0 Å². The Hall–Kier alpha value is -1.14. The average Bonchev–Trinajstić information content (AvgIpc) is 2.58. The number of rotatable bonds is 9. The largest absolute Gasteiger partial charge is 0.394 e. The predicted octanol–water partition coefficient (Wildman–Crippen LogP) is -3.27. The zero-order chi connectivity index (χ0) is 19.1.